The van der Waals surface area contributed by atoms with Gasteiger partial charge in [0, 0.05) is 4.47 Å². The van der Waals surface area contributed by atoms with E-state index >= 15 is 0 Å². The highest BCUT2D eigenvalue weighted by atomic mass is 79.9. The molecule has 0 saturated carbocycles. The Morgan fingerprint density at radius 1 is 1.57 bits per heavy atom. The minimum absolute atomic E-state index is 0.0557. The molecular weight excluding hydrogens is 260 g/mol. The summed E-state index contributed by atoms with van der Waals surface area (Å²) in [6, 6.07) is 0.907. The van der Waals surface area contributed by atoms with Crippen LogP contribution in [0, 0.1) is 11.6 Å². The summed E-state index contributed by atoms with van der Waals surface area (Å²) in [5, 5.41) is 0. The molecule has 0 fully saturated rings. The number of benzene rings is 1. The highest BCUT2D eigenvalue weighted by Gasteiger charge is 2.22. The molecule has 0 aliphatic carbocycles. The molecule has 0 aliphatic heterocycles. The van der Waals surface area contributed by atoms with E-state index in [2.05, 4.69) is 20.7 Å². The maximum Gasteiger partial charge on any atom is 0.343 e. The molecule has 0 radical (unpaired) electrons. The average Bonchev–Trinajstić information content (AvgIpc) is 2.14. The van der Waals surface area contributed by atoms with Gasteiger partial charge >= 0.3 is 5.97 Å². The number of nitrogen functional groups attached to an aromatic ring is 1. The van der Waals surface area contributed by atoms with Crippen molar-refractivity contribution in [2.45, 2.75) is 0 Å². The van der Waals surface area contributed by atoms with Crippen LogP contribution in [0.5, 0.6) is 0 Å². The molecule has 0 spiro atoms. The monoisotopic (exact) mass is 265 g/mol. The molecule has 1 aromatic rings. The van der Waals surface area contributed by atoms with E-state index in [-0.39, 0.29) is 10.2 Å². The highest BCUT2D eigenvalue weighted by Crippen LogP contribution is 2.27. The Morgan fingerprint density at radius 3 is 2.64 bits per heavy atom. The number of hydrogen-bond donors (Lipinski definition) is 1. The molecule has 0 amide bonds. The van der Waals surface area contributed by atoms with Crippen LogP contribution in [-0.2, 0) is 4.74 Å². The van der Waals surface area contributed by atoms with Gasteiger partial charge in [0.15, 0.2) is 5.82 Å². The Kier molecular flexibility index (Phi) is 3.05. The third kappa shape index (κ3) is 1.70. The summed E-state index contributed by atoms with van der Waals surface area (Å²) >= 11 is 2.84. The van der Waals surface area contributed by atoms with E-state index in [4.69, 9.17) is 5.73 Å². The summed E-state index contributed by atoms with van der Waals surface area (Å²) in [5.41, 5.74) is 4.14. The Hall–Kier alpha value is -1.17. The van der Waals surface area contributed by atoms with E-state index in [1.807, 2.05) is 0 Å². The van der Waals surface area contributed by atoms with Crippen molar-refractivity contribution in [3.63, 3.8) is 0 Å². The second kappa shape index (κ2) is 3.91. The van der Waals surface area contributed by atoms with E-state index in [1.54, 1.807) is 0 Å². The normalized spacial score (nSPS) is 10.0. The second-order valence-corrected chi connectivity index (χ2v) is 3.29. The predicted molar refractivity (Wildman–Crippen MR) is 49.8 cm³/mol. The fourth-order valence-corrected chi connectivity index (χ4v) is 1.27. The summed E-state index contributed by atoms with van der Waals surface area (Å²) in [6.45, 7) is 0. The number of carbonyl (C=O) groups is 1. The van der Waals surface area contributed by atoms with Gasteiger partial charge in [0.25, 0.3) is 0 Å². The van der Waals surface area contributed by atoms with Gasteiger partial charge in [0.05, 0.1) is 12.8 Å². The molecule has 76 valence electrons. The molecule has 0 heterocycles. The molecule has 14 heavy (non-hydrogen) atoms. The van der Waals surface area contributed by atoms with E-state index in [9.17, 15) is 13.6 Å². The third-order valence-corrected chi connectivity index (χ3v) is 2.25. The lowest BCUT2D eigenvalue weighted by Crippen LogP contribution is -2.10. The van der Waals surface area contributed by atoms with Crippen molar-refractivity contribution >= 4 is 27.6 Å². The van der Waals surface area contributed by atoms with Gasteiger partial charge < -0.3 is 10.5 Å². The fraction of sp³-hybridized carbons (Fsp3) is 0.125. The summed E-state index contributed by atoms with van der Waals surface area (Å²) in [5.74, 6) is -3.24. The first-order valence-electron chi connectivity index (χ1n) is 3.50. The minimum Gasteiger partial charge on any atom is -0.465 e. The maximum absolute atomic E-state index is 13.3. The Labute approximate surface area is 87.0 Å². The van der Waals surface area contributed by atoms with E-state index in [1.165, 1.54) is 0 Å². The zero-order valence-corrected chi connectivity index (χ0v) is 8.69. The highest BCUT2D eigenvalue weighted by molar-refractivity contribution is 9.10. The van der Waals surface area contributed by atoms with Gasteiger partial charge in [0.1, 0.15) is 11.4 Å². The van der Waals surface area contributed by atoms with Crippen LogP contribution >= 0.6 is 15.9 Å². The first-order chi connectivity index (χ1) is 6.49. The predicted octanol–water partition coefficient (Wildman–Crippen LogP) is 2.10. The quantitative estimate of drug-likeness (QED) is 0.625. The van der Waals surface area contributed by atoms with Crippen LogP contribution in [0.2, 0.25) is 0 Å². The molecule has 0 bridgehead atoms. The van der Waals surface area contributed by atoms with E-state index in [0.29, 0.717) is 0 Å². The van der Waals surface area contributed by atoms with Crippen molar-refractivity contribution in [3.05, 3.63) is 27.7 Å². The first-order valence-corrected chi connectivity index (χ1v) is 4.29. The number of anilines is 1. The number of ether oxygens (including phenoxy) is 1. The lowest BCUT2D eigenvalue weighted by Gasteiger charge is -2.06. The van der Waals surface area contributed by atoms with E-state index in [0.717, 1.165) is 13.2 Å². The SMILES string of the molecule is COC(=O)c1c(F)cc(Br)c(N)c1F. The summed E-state index contributed by atoms with van der Waals surface area (Å²) in [4.78, 5) is 10.9. The van der Waals surface area contributed by atoms with Crippen LogP contribution in [0.25, 0.3) is 0 Å². The lowest BCUT2D eigenvalue weighted by molar-refractivity contribution is 0.0590. The van der Waals surface area contributed by atoms with Crippen LogP contribution in [0.4, 0.5) is 14.5 Å². The van der Waals surface area contributed by atoms with Crippen molar-refractivity contribution < 1.29 is 18.3 Å². The minimum atomic E-state index is -1.12. The van der Waals surface area contributed by atoms with Gasteiger partial charge in [-0.25, -0.2) is 13.6 Å². The zero-order chi connectivity index (χ0) is 10.9. The molecule has 2 N–H and O–H groups in total. The number of hydrogen-bond acceptors (Lipinski definition) is 3. The Bertz CT molecular complexity index is 395. The van der Waals surface area contributed by atoms with Crippen LogP contribution in [0.3, 0.4) is 0 Å². The lowest BCUT2D eigenvalue weighted by atomic mass is 10.2. The molecule has 0 aromatic heterocycles. The molecule has 1 rings (SSSR count). The van der Waals surface area contributed by atoms with Crippen molar-refractivity contribution in [2.24, 2.45) is 0 Å². The average molecular weight is 266 g/mol. The van der Waals surface area contributed by atoms with Gasteiger partial charge in [-0.15, -0.1) is 0 Å². The van der Waals surface area contributed by atoms with Gasteiger partial charge in [-0.2, -0.15) is 0 Å². The zero-order valence-electron chi connectivity index (χ0n) is 7.11. The van der Waals surface area contributed by atoms with Gasteiger partial charge in [-0.3, -0.25) is 0 Å². The number of methoxy groups -OCH3 is 1. The van der Waals surface area contributed by atoms with Crippen LogP contribution in [0.15, 0.2) is 10.5 Å². The van der Waals surface area contributed by atoms with Gasteiger partial charge in [0.2, 0.25) is 0 Å². The van der Waals surface area contributed by atoms with Crippen LogP contribution < -0.4 is 5.73 Å². The van der Waals surface area contributed by atoms with E-state index < -0.39 is 23.2 Å². The number of halogens is 3. The molecule has 3 nitrogen and oxygen atoms in total. The Balaban J connectivity index is 3.44. The van der Waals surface area contributed by atoms with Gasteiger partial charge in [-0.1, -0.05) is 0 Å². The largest absolute Gasteiger partial charge is 0.465 e. The summed E-state index contributed by atoms with van der Waals surface area (Å²) < 4.78 is 30.6. The van der Waals surface area contributed by atoms with Crippen molar-refractivity contribution in [3.8, 4) is 0 Å². The molecule has 0 atom stereocenters. The molecule has 0 saturated heterocycles. The number of esters is 1. The molecular formula is C8H6BrF2NO2. The smallest absolute Gasteiger partial charge is 0.343 e. The number of nitrogens with two attached hydrogens (primary N) is 1. The molecule has 1 aromatic carbocycles. The van der Waals surface area contributed by atoms with Crippen molar-refractivity contribution in [2.75, 3.05) is 12.8 Å². The van der Waals surface area contributed by atoms with Crippen LogP contribution in [0.1, 0.15) is 10.4 Å². The first kappa shape index (κ1) is 10.9. The molecule has 6 heteroatoms. The van der Waals surface area contributed by atoms with Crippen molar-refractivity contribution in [1.29, 1.82) is 0 Å². The topological polar surface area (TPSA) is 52.3 Å². The number of carbonyl (C=O) groups excluding carboxylic acids is 1. The number of rotatable bonds is 1. The fourth-order valence-electron chi connectivity index (χ4n) is 0.895. The van der Waals surface area contributed by atoms with Crippen molar-refractivity contribution in [1.82, 2.24) is 0 Å². The third-order valence-electron chi connectivity index (χ3n) is 1.60. The van der Waals surface area contributed by atoms with Crippen LogP contribution in [-0.4, -0.2) is 13.1 Å². The van der Waals surface area contributed by atoms with Gasteiger partial charge in [-0.05, 0) is 22.0 Å². The standard InChI is InChI=1S/C8H6BrF2NO2/c1-14-8(13)5-4(10)2-3(9)7(12)6(5)11/h2H,12H2,1H3. The molecule has 0 aliphatic rings. The molecule has 0 unspecified atom stereocenters. The summed E-state index contributed by atoms with van der Waals surface area (Å²) in [6.07, 6.45) is 0. The Morgan fingerprint density at radius 2 is 2.14 bits per heavy atom. The maximum atomic E-state index is 13.3. The summed E-state index contributed by atoms with van der Waals surface area (Å²) in [7, 11) is 1.03. The second-order valence-electron chi connectivity index (χ2n) is 2.43.